The van der Waals surface area contributed by atoms with E-state index >= 15 is 0 Å². The van der Waals surface area contributed by atoms with Gasteiger partial charge in [-0.25, -0.2) is 9.78 Å². The lowest BCUT2D eigenvalue weighted by atomic mass is 10.2. The molecular weight excluding hydrogens is 274 g/mol. The van der Waals surface area contributed by atoms with E-state index in [-0.39, 0.29) is 5.97 Å². The Kier molecular flexibility index (Phi) is 5.37. The molecule has 6 heteroatoms. The van der Waals surface area contributed by atoms with Crippen LogP contribution in [0.5, 0.6) is 0 Å². The number of hydrogen-bond acceptors (Lipinski definition) is 6. The van der Waals surface area contributed by atoms with Crippen LogP contribution in [0.15, 0.2) is 5.38 Å². The fraction of sp³-hybridized carbons (Fsp3) is 0.714. The Bertz CT molecular complexity index is 441. The third kappa shape index (κ3) is 3.49. The van der Waals surface area contributed by atoms with Crippen LogP contribution in [-0.2, 0) is 4.74 Å². The predicted octanol–water partition coefficient (Wildman–Crippen LogP) is 2.24. The van der Waals surface area contributed by atoms with E-state index in [0.717, 1.165) is 31.3 Å². The van der Waals surface area contributed by atoms with Crippen molar-refractivity contribution in [2.75, 3.05) is 37.7 Å². The summed E-state index contributed by atoms with van der Waals surface area (Å²) in [5.41, 5.74) is 0.427. The monoisotopic (exact) mass is 297 g/mol. The third-order valence-corrected chi connectivity index (χ3v) is 4.68. The summed E-state index contributed by atoms with van der Waals surface area (Å²) in [6.45, 7) is 10.8. The number of anilines is 1. The molecule has 1 fully saturated rings. The van der Waals surface area contributed by atoms with Gasteiger partial charge in [0.15, 0.2) is 10.8 Å². The second-order valence-electron chi connectivity index (χ2n) is 5.02. The lowest BCUT2D eigenvalue weighted by Crippen LogP contribution is -2.49. The molecule has 2 heterocycles. The summed E-state index contributed by atoms with van der Waals surface area (Å²) in [6.07, 6.45) is 1.18. The second-order valence-corrected chi connectivity index (χ2v) is 5.85. The van der Waals surface area contributed by atoms with Crippen molar-refractivity contribution in [3.63, 3.8) is 0 Å². The number of thiazole rings is 1. The van der Waals surface area contributed by atoms with Crippen molar-refractivity contribution in [1.29, 1.82) is 0 Å². The highest BCUT2D eigenvalue weighted by atomic mass is 32.1. The Labute approximate surface area is 124 Å². The van der Waals surface area contributed by atoms with Gasteiger partial charge in [0.2, 0.25) is 0 Å². The number of carbonyl (C=O) groups is 1. The average molecular weight is 297 g/mol. The zero-order valence-corrected chi connectivity index (χ0v) is 13.3. The number of esters is 1. The van der Waals surface area contributed by atoms with Gasteiger partial charge in [-0.15, -0.1) is 11.3 Å². The van der Waals surface area contributed by atoms with Crippen molar-refractivity contribution >= 4 is 22.4 Å². The van der Waals surface area contributed by atoms with E-state index in [1.807, 2.05) is 0 Å². The van der Waals surface area contributed by atoms with E-state index in [0.29, 0.717) is 18.3 Å². The van der Waals surface area contributed by atoms with Gasteiger partial charge in [-0.1, -0.05) is 6.92 Å². The van der Waals surface area contributed by atoms with Gasteiger partial charge in [0.1, 0.15) is 0 Å². The van der Waals surface area contributed by atoms with Crippen molar-refractivity contribution in [3.8, 4) is 0 Å². The van der Waals surface area contributed by atoms with Crippen LogP contribution in [-0.4, -0.2) is 54.7 Å². The first-order valence-corrected chi connectivity index (χ1v) is 8.15. The normalized spacial score (nSPS) is 18.1. The van der Waals surface area contributed by atoms with Crippen LogP contribution in [0.2, 0.25) is 0 Å². The Morgan fingerprint density at radius 2 is 2.10 bits per heavy atom. The zero-order valence-electron chi connectivity index (χ0n) is 12.5. The molecule has 1 aliphatic rings. The number of carbonyl (C=O) groups excluding carboxylic acids is 1. The van der Waals surface area contributed by atoms with Gasteiger partial charge in [-0.3, -0.25) is 4.90 Å². The first-order chi connectivity index (χ1) is 9.65. The second kappa shape index (κ2) is 7.04. The summed E-state index contributed by atoms with van der Waals surface area (Å²) in [5, 5.41) is 2.71. The molecule has 1 aromatic rings. The van der Waals surface area contributed by atoms with E-state index < -0.39 is 0 Å². The van der Waals surface area contributed by atoms with Gasteiger partial charge in [0.05, 0.1) is 6.61 Å². The highest BCUT2D eigenvalue weighted by molar-refractivity contribution is 7.13. The van der Waals surface area contributed by atoms with Crippen molar-refractivity contribution < 1.29 is 9.53 Å². The van der Waals surface area contributed by atoms with Crippen LogP contribution in [0.3, 0.4) is 0 Å². The van der Waals surface area contributed by atoms with Gasteiger partial charge >= 0.3 is 5.97 Å². The SMILES string of the molecule is CCOC(=O)c1csc(N2CCN(C(C)CC)CC2)n1. The first-order valence-electron chi connectivity index (χ1n) is 7.27. The first kappa shape index (κ1) is 15.3. The van der Waals surface area contributed by atoms with Gasteiger partial charge in [-0.2, -0.15) is 0 Å². The van der Waals surface area contributed by atoms with Crippen molar-refractivity contribution in [1.82, 2.24) is 9.88 Å². The van der Waals surface area contributed by atoms with Crippen molar-refractivity contribution in [2.24, 2.45) is 0 Å². The maximum absolute atomic E-state index is 11.6. The summed E-state index contributed by atoms with van der Waals surface area (Å²) < 4.78 is 4.97. The molecule has 1 saturated heterocycles. The minimum Gasteiger partial charge on any atom is -0.461 e. The molecule has 1 aromatic heterocycles. The van der Waals surface area contributed by atoms with Crippen LogP contribution in [0.1, 0.15) is 37.7 Å². The van der Waals surface area contributed by atoms with Crippen LogP contribution >= 0.6 is 11.3 Å². The topological polar surface area (TPSA) is 45.7 Å². The third-order valence-electron chi connectivity index (χ3n) is 3.78. The predicted molar refractivity (Wildman–Crippen MR) is 81.6 cm³/mol. The minimum atomic E-state index is -0.326. The fourth-order valence-corrected chi connectivity index (χ4v) is 3.17. The van der Waals surface area contributed by atoms with Crippen molar-refractivity contribution in [2.45, 2.75) is 33.2 Å². The molecule has 0 aliphatic carbocycles. The number of piperazine rings is 1. The molecule has 1 unspecified atom stereocenters. The van der Waals surface area contributed by atoms with E-state index in [9.17, 15) is 4.79 Å². The lowest BCUT2D eigenvalue weighted by molar-refractivity contribution is 0.0520. The summed E-state index contributed by atoms with van der Waals surface area (Å²) in [7, 11) is 0. The molecule has 0 saturated carbocycles. The highest BCUT2D eigenvalue weighted by Crippen LogP contribution is 2.23. The molecule has 112 valence electrons. The van der Waals surface area contributed by atoms with Gasteiger partial charge < -0.3 is 9.64 Å². The fourth-order valence-electron chi connectivity index (χ4n) is 2.32. The van der Waals surface area contributed by atoms with E-state index in [1.54, 1.807) is 12.3 Å². The average Bonchev–Trinajstić information content (AvgIpc) is 2.97. The quantitative estimate of drug-likeness (QED) is 0.780. The molecule has 0 radical (unpaired) electrons. The lowest BCUT2D eigenvalue weighted by Gasteiger charge is -2.37. The molecule has 0 N–H and O–H groups in total. The molecule has 0 amide bonds. The van der Waals surface area contributed by atoms with E-state index in [2.05, 4.69) is 28.6 Å². The van der Waals surface area contributed by atoms with Gasteiger partial charge in [-0.05, 0) is 20.3 Å². The number of aromatic nitrogens is 1. The number of rotatable bonds is 5. The van der Waals surface area contributed by atoms with E-state index in [1.165, 1.54) is 17.8 Å². The highest BCUT2D eigenvalue weighted by Gasteiger charge is 2.22. The maximum Gasteiger partial charge on any atom is 0.357 e. The van der Waals surface area contributed by atoms with Crippen LogP contribution in [0.4, 0.5) is 5.13 Å². The molecule has 0 bridgehead atoms. The largest absolute Gasteiger partial charge is 0.461 e. The molecule has 20 heavy (non-hydrogen) atoms. The number of nitrogens with zero attached hydrogens (tertiary/aromatic N) is 3. The van der Waals surface area contributed by atoms with Crippen LogP contribution < -0.4 is 4.90 Å². The summed E-state index contributed by atoms with van der Waals surface area (Å²) in [5.74, 6) is -0.326. The summed E-state index contributed by atoms with van der Waals surface area (Å²) in [6, 6.07) is 0.642. The molecule has 1 aliphatic heterocycles. The van der Waals surface area contributed by atoms with Crippen LogP contribution in [0, 0.1) is 0 Å². The Morgan fingerprint density at radius 3 is 2.70 bits per heavy atom. The number of ether oxygens (including phenoxy) is 1. The molecule has 1 atom stereocenters. The van der Waals surface area contributed by atoms with Crippen LogP contribution in [0.25, 0.3) is 0 Å². The van der Waals surface area contributed by atoms with E-state index in [4.69, 9.17) is 4.74 Å². The molecule has 2 rings (SSSR count). The zero-order chi connectivity index (χ0) is 14.5. The summed E-state index contributed by atoms with van der Waals surface area (Å²) >= 11 is 1.52. The maximum atomic E-state index is 11.6. The standard InChI is InChI=1S/C14H23N3O2S/c1-4-11(3)16-6-8-17(9-7-16)14-15-12(10-20-14)13(18)19-5-2/h10-11H,4-9H2,1-3H3. The summed E-state index contributed by atoms with van der Waals surface area (Å²) in [4.78, 5) is 20.8. The van der Waals surface area contributed by atoms with Gasteiger partial charge in [0, 0.05) is 37.6 Å². The Hall–Kier alpha value is -1.14. The molecule has 0 spiro atoms. The Morgan fingerprint density at radius 1 is 1.40 bits per heavy atom. The Balaban J connectivity index is 1.92. The molecular formula is C14H23N3O2S. The molecule has 0 aromatic carbocycles. The van der Waals surface area contributed by atoms with Crippen molar-refractivity contribution in [3.05, 3.63) is 11.1 Å². The number of hydrogen-bond donors (Lipinski definition) is 0. The minimum absolute atomic E-state index is 0.326. The van der Waals surface area contributed by atoms with Gasteiger partial charge in [0.25, 0.3) is 0 Å². The smallest absolute Gasteiger partial charge is 0.357 e. The molecule has 5 nitrogen and oxygen atoms in total.